The van der Waals surface area contributed by atoms with Crippen molar-refractivity contribution < 1.29 is 9.53 Å². The van der Waals surface area contributed by atoms with Crippen LogP contribution < -0.4 is 11.1 Å². The lowest BCUT2D eigenvalue weighted by molar-refractivity contribution is -0.125. The second kappa shape index (κ2) is 6.42. The fourth-order valence-electron chi connectivity index (χ4n) is 3.99. The highest BCUT2D eigenvalue weighted by Gasteiger charge is 2.41. The number of rotatable bonds is 3. The maximum atomic E-state index is 12.2. The summed E-state index contributed by atoms with van der Waals surface area (Å²) in [6, 6.07) is 0.0650. The van der Waals surface area contributed by atoms with Crippen LogP contribution in [0, 0.1) is 17.8 Å². The standard InChI is InChI=1S/C14H24N2O2.ClH/c15-13(10-3-5-18-6-4-10)14(17)16-12-8-9-1-2-11(12)7-9;/h9-13H,1-8,15H2,(H,16,17);1H. The minimum absolute atomic E-state index is 0. The van der Waals surface area contributed by atoms with Gasteiger partial charge in [0, 0.05) is 19.3 Å². The third kappa shape index (κ3) is 3.23. The predicted molar refractivity (Wildman–Crippen MR) is 76.1 cm³/mol. The van der Waals surface area contributed by atoms with Crippen LogP contribution in [0.25, 0.3) is 0 Å². The van der Waals surface area contributed by atoms with E-state index in [-0.39, 0.29) is 24.4 Å². The summed E-state index contributed by atoms with van der Waals surface area (Å²) in [7, 11) is 0. The highest BCUT2D eigenvalue weighted by Crippen LogP contribution is 2.44. The largest absolute Gasteiger partial charge is 0.381 e. The number of carbonyl (C=O) groups is 1. The van der Waals surface area contributed by atoms with E-state index in [1.807, 2.05) is 0 Å². The summed E-state index contributed by atoms with van der Waals surface area (Å²) in [5, 5.41) is 3.20. The summed E-state index contributed by atoms with van der Waals surface area (Å²) < 4.78 is 5.32. The van der Waals surface area contributed by atoms with Gasteiger partial charge in [-0.25, -0.2) is 0 Å². The molecule has 1 heterocycles. The summed E-state index contributed by atoms with van der Waals surface area (Å²) in [4.78, 5) is 12.2. The number of amides is 1. The first-order valence-electron chi connectivity index (χ1n) is 7.37. The number of ether oxygens (including phenoxy) is 1. The summed E-state index contributed by atoms with van der Waals surface area (Å²) in [6.07, 6.45) is 7.00. The number of fused-ring (bicyclic) bond motifs is 2. The Morgan fingerprint density at radius 2 is 1.89 bits per heavy atom. The minimum Gasteiger partial charge on any atom is -0.381 e. The van der Waals surface area contributed by atoms with E-state index in [1.54, 1.807) is 0 Å². The lowest BCUT2D eigenvalue weighted by Gasteiger charge is -2.29. The molecule has 0 radical (unpaired) electrons. The molecule has 0 spiro atoms. The molecule has 0 aromatic carbocycles. The average Bonchev–Trinajstić information content (AvgIpc) is 3.01. The van der Waals surface area contributed by atoms with Gasteiger partial charge in [0.25, 0.3) is 0 Å². The molecule has 2 saturated carbocycles. The van der Waals surface area contributed by atoms with Crippen LogP contribution in [-0.4, -0.2) is 31.2 Å². The van der Waals surface area contributed by atoms with Gasteiger partial charge in [-0.05, 0) is 49.9 Å². The van der Waals surface area contributed by atoms with E-state index < -0.39 is 0 Å². The molecule has 3 fully saturated rings. The maximum Gasteiger partial charge on any atom is 0.237 e. The van der Waals surface area contributed by atoms with Gasteiger partial charge in [0.15, 0.2) is 0 Å². The Bertz CT molecular complexity index is 321. The number of hydrogen-bond acceptors (Lipinski definition) is 3. The Morgan fingerprint density at radius 1 is 1.16 bits per heavy atom. The molecule has 19 heavy (non-hydrogen) atoms. The Morgan fingerprint density at radius 3 is 2.47 bits per heavy atom. The molecule has 3 N–H and O–H groups in total. The van der Waals surface area contributed by atoms with Gasteiger partial charge in [0.05, 0.1) is 6.04 Å². The first-order valence-corrected chi connectivity index (χ1v) is 7.37. The topological polar surface area (TPSA) is 64.4 Å². The number of nitrogens with one attached hydrogen (secondary N) is 1. The number of hydrogen-bond donors (Lipinski definition) is 2. The van der Waals surface area contributed by atoms with Gasteiger partial charge in [-0.15, -0.1) is 12.4 Å². The highest BCUT2D eigenvalue weighted by molar-refractivity contribution is 5.85. The molecular weight excluding hydrogens is 264 g/mol. The molecule has 0 aromatic heterocycles. The molecule has 4 unspecified atom stereocenters. The van der Waals surface area contributed by atoms with Crippen molar-refractivity contribution in [3.8, 4) is 0 Å². The maximum absolute atomic E-state index is 12.2. The molecule has 3 rings (SSSR count). The van der Waals surface area contributed by atoms with Crippen molar-refractivity contribution in [2.45, 2.75) is 50.6 Å². The second-order valence-electron chi connectivity index (χ2n) is 6.27. The highest BCUT2D eigenvalue weighted by atomic mass is 35.5. The van der Waals surface area contributed by atoms with Crippen LogP contribution in [0.15, 0.2) is 0 Å². The van der Waals surface area contributed by atoms with Crippen LogP contribution in [0.3, 0.4) is 0 Å². The van der Waals surface area contributed by atoms with Gasteiger partial charge < -0.3 is 15.8 Å². The molecular formula is C14H25ClN2O2. The van der Waals surface area contributed by atoms with Crippen molar-refractivity contribution in [2.24, 2.45) is 23.5 Å². The van der Waals surface area contributed by atoms with Gasteiger partial charge in [-0.2, -0.15) is 0 Å². The van der Waals surface area contributed by atoms with Crippen LogP contribution in [0.1, 0.15) is 38.5 Å². The zero-order valence-corrected chi connectivity index (χ0v) is 12.2. The van der Waals surface area contributed by atoms with E-state index in [4.69, 9.17) is 10.5 Å². The average molecular weight is 289 g/mol. The van der Waals surface area contributed by atoms with Gasteiger partial charge in [0.1, 0.15) is 0 Å². The van der Waals surface area contributed by atoms with Crippen molar-refractivity contribution in [1.82, 2.24) is 5.32 Å². The Balaban J connectivity index is 0.00000133. The number of nitrogens with two attached hydrogens (primary N) is 1. The van der Waals surface area contributed by atoms with E-state index in [9.17, 15) is 4.79 Å². The molecule has 1 saturated heterocycles. The lowest BCUT2D eigenvalue weighted by Crippen LogP contribution is -2.51. The van der Waals surface area contributed by atoms with Crippen molar-refractivity contribution in [1.29, 1.82) is 0 Å². The minimum atomic E-state index is -0.340. The van der Waals surface area contributed by atoms with Gasteiger partial charge in [-0.3, -0.25) is 4.79 Å². The molecule has 0 aromatic rings. The van der Waals surface area contributed by atoms with Crippen LogP contribution in [0.2, 0.25) is 0 Å². The van der Waals surface area contributed by atoms with E-state index >= 15 is 0 Å². The van der Waals surface area contributed by atoms with Crippen LogP contribution >= 0.6 is 12.4 Å². The smallest absolute Gasteiger partial charge is 0.237 e. The first-order chi connectivity index (χ1) is 8.74. The van der Waals surface area contributed by atoms with Gasteiger partial charge in [-0.1, -0.05) is 6.42 Å². The Labute approximate surface area is 121 Å². The van der Waals surface area contributed by atoms with Crippen LogP contribution in [0.4, 0.5) is 0 Å². The van der Waals surface area contributed by atoms with E-state index in [0.29, 0.717) is 12.0 Å². The zero-order chi connectivity index (χ0) is 12.5. The summed E-state index contributed by atoms with van der Waals surface area (Å²) in [5.41, 5.74) is 6.10. The predicted octanol–water partition coefficient (Wildman–Crippen LogP) is 1.47. The zero-order valence-electron chi connectivity index (χ0n) is 11.3. The normalized spacial score (nSPS) is 35.7. The molecule has 3 aliphatic rings. The molecule has 2 bridgehead atoms. The molecule has 4 atom stereocenters. The Kier molecular flexibility index (Phi) is 5.09. The monoisotopic (exact) mass is 288 g/mol. The van der Waals surface area contributed by atoms with Crippen LogP contribution in [-0.2, 0) is 9.53 Å². The van der Waals surface area contributed by atoms with Crippen LogP contribution in [0.5, 0.6) is 0 Å². The van der Waals surface area contributed by atoms with Gasteiger partial charge in [0.2, 0.25) is 5.91 Å². The first kappa shape index (κ1) is 15.1. The summed E-state index contributed by atoms with van der Waals surface area (Å²) in [5.74, 6) is 1.96. The molecule has 1 amide bonds. The molecule has 4 nitrogen and oxygen atoms in total. The quantitative estimate of drug-likeness (QED) is 0.826. The summed E-state index contributed by atoms with van der Waals surface area (Å²) >= 11 is 0. The van der Waals surface area contributed by atoms with Crippen molar-refractivity contribution in [3.05, 3.63) is 0 Å². The second-order valence-corrected chi connectivity index (χ2v) is 6.27. The molecule has 110 valence electrons. The Hall–Kier alpha value is -0.320. The molecule has 5 heteroatoms. The fraction of sp³-hybridized carbons (Fsp3) is 0.929. The van der Waals surface area contributed by atoms with E-state index in [0.717, 1.165) is 37.9 Å². The fourth-order valence-corrected chi connectivity index (χ4v) is 3.99. The third-order valence-corrected chi connectivity index (χ3v) is 5.14. The van der Waals surface area contributed by atoms with Crippen molar-refractivity contribution in [3.63, 3.8) is 0 Å². The SMILES string of the molecule is Cl.NC(C(=O)NC1CC2CCC1C2)C1CCOCC1. The van der Waals surface area contributed by atoms with E-state index in [2.05, 4.69) is 5.32 Å². The lowest BCUT2D eigenvalue weighted by atomic mass is 9.90. The van der Waals surface area contributed by atoms with E-state index in [1.165, 1.54) is 25.7 Å². The molecule has 1 aliphatic heterocycles. The number of halogens is 1. The van der Waals surface area contributed by atoms with Crippen molar-refractivity contribution >= 4 is 18.3 Å². The summed E-state index contributed by atoms with van der Waals surface area (Å²) in [6.45, 7) is 1.50. The van der Waals surface area contributed by atoms with Crippen molar-refractivity contribution in [2.75, 3.05) is 13.2 Å². The number of carbonyl (C=O) groups excluding carboxylic acids is 1. The molecule has 2 aliphatic carbocycles. The third-order valence-electron chi connectivity index (χ3n) is 5.14. The van der Waals surface area contributed by atoms with Gasteiger partial charge >= 0.3 is 0 Å².